The predicted octanol–water partition coefficient (Wildman–Crippen LogP) is 1.55. The van der Waals surface area contributed by atoms with Crippen molar-refractivity contribution < 1.29 is 22.1 Å². The van der Waals surface area contributed by atoms with Crippen LogP contribution in [0.25, 0.3) is 0 Å². The van der Waals surface area contributed by atoms with E-state index in [2.05, 4.69) is 0 Å². The van der Waals surface area contributed by atoms with Gasteiger partial charge in [-0.2, -0.15) is 9.57 Å². The second-order valence-corrected chi connectivity index (χ2v) is 6.29. The fraction of sp³-hybridized carbons (Fsp3) is 0.364. The summed E-state index contributed by atoms with van der Waals surface area (Å²) in [5.41, 5.74) is -1.06. The molecule has 0 aliphatic heterocycles. The molecule has 0 N–H and O–H groups in total. The number of nitrogens with zero attached hydrogens (tertiary/aromatic N) is 3. The lowest BCUT2D eigenvalue weighted by Crippen LogP contribution is -2.34. The van der Waals surface area contributed by atoms with Crippen molar-refractivity contribution in [3.05, 3.63) is 33.9 Å². The number of nitriles is 1. The van der Waals surface area contributed by atoms with Crippen molar-refractivity contribution in [2.45, 2.75) is 23.8 Å². The van der Waals surface area contributed by atoms with Gasteiger partial charge >= 0.3 is 0 Å². The van der Waals surface area contributed by atoms with E-state index in [0.717, 1.165) is 4.31 Å². The van der Waals surface area contributed by atoms with Crippen LogP contribution < -0.4 is 0 Å². The van der Waals surface area contributed by atoms with Crippen molar-refractivity contribution in [2.24, 2.45) is 0 Å². The van der Waals surface area contributed by atoms with Crippen LogP contribution in [0.2, 0.25) is 0 Å². The molecule has 1 aliphatic rings. The minimum absolute atomic E-state index is 0.222. The first kappa shape index (κ1) is 15.3. The highest BCUT2D eigenvalue weighted by molar-refractivity contribution is 7.89. The van der Waals surface area contributed by atoms with Crippen molar-refractivity contribution in [2.75, 3.05) is 6.54 Å². The molecule has 0 saturated heterocycles. The summed E-state index contributed by atoms with van der Waals surface area (Å²) in [6.45, 7) is -0.511. The molecule has 0 amide bonds. The van der Waals surface area contributed by atoms with Crippen molar-refractivity contribution in [1.29, 1.82) is 5.26 Å². The smallest absolute Gasteiger partial charge is 0.258 e. The number of halogens is 2. The van der Waals surface area contributed by atoms with Gasteiger partial charge in [-0.3, -0.25) is 10.1 Å². The highest BCUT2D eigenvalue weighted by atomic mass is 32.2. The first-order chi connectivity index (χ1) is 9.78. The lowest BCUT2D eigenvalue weighted by molar-refractivity contribution is -0.388. The van der Waals surface area contributed by atoms with Crippen molar-refractivity contribution >= 4 is 15.7 Å². The molecule has 1 aliphatic carbocycles. The lowest BCUT2D eigenvalue weighted by Gasteiger charge is -2.18. The Morgan fingerprint density at radius 1 is 1.38 bits per heavy atom. The minimum Gasteiger partial charge on any atom is -0.258 e. The zero-order valence-corrected chi connectivity index (χ0v) is 11.3. The van der Waals surface area contributed by atoms with Gasteiger partial charge in [-0.15, -0.1) is 0 Å². The van der Waals surface area contributed by atoms with Gasteiger partial charge in [0.2, 0.25) is 0 Å². The Kier molecular flexibility index (Phi) is 3.89. The third-order valence-electron chi connectivity index (χ3n) is 2.97. The fourth-order valence-corrected chi connectivity index (χ4v) is 3.57. The number of nitro benzene ring substituents is 1. The van der Waals surface area contributed by atoms with Crippen LogP contribution in [0.4, 0.5) is 14.5 Å². The molecule has 0 spiro atoms. The van der Waals surface area contributed by atoms with E-state index in [-0.39, 0.29) is 12.1 Å². The van der Waals surface area contributed by atoms with Gasteiger partial charge in [-0.25, -0.2) is 17.2 Å². The molecule has 21 heavy (non-hydrogen) atoms. The van der Waals surface area contributed by atoms with E-state index in [0.29, 0.717) is 12.8 Å². The third kappa shape index (κ3) is 2.84. The molecule has 2 rings (SSSR count). The van der Waals surface area contributed by atoms with Crippen LogP contribution in [0, 0.1) is 33.1 Å². The molecule has 0 aromatic heterocycles. The van der Waals surface area contributed by atoms with Gasteiger partial charge in [0.1, 0.15) is 6.54 Å². The Labute approximate surface area is 118 Å². The molecular weight excluding hydrogens is 308 g/mol. The first-order valence-corrected chi connectivity index (χ1v) is 7.25. The number of hydrogen-bond acceptors (Lipinski definition) is 5. The zero-order chi connectivity index (χ0) is 15.8. The Morgan fingerprint density at radius 3 is 2.43 bits per heavy atom. The average molecular weight is 317 g/mol. The summed E-state index contributed by atoms with van der Waals surface area (Å²) in [6, 6.07) is 1.70. The summed E-state index contributed by atoms with van der Waals surface area (Å²) < 4.78 is 51.9. The maximum absolute atomic E-state index is 13.3. The molecule has 112 valence electrons. The standard InChI is InChI=1S/C11H9F2N3O4S/c12-8-5-10(16(17)18)11(6-9(8)13)21(19,20)15(4-3-14)7-1-2-7/h5-7H,1-2,4H2. The number of hydrogen-bond donors (Lipinski definition) is 0. The monoisotopic (exact) mass is 317 g/mol. The highest BCUT2D eigenvalue weighted by Crippen LogP contribution is 2.35. The summed E-state index contributed by atoms with van der Waals surface area (Å²) in [4.78, 5) is 8.81. The summed E-state index contributed by atoms with van der Waals surface area (Å²) in [5.74, 6) is -3.02. The number of nitro groups is 1. The normalized spacial score (nSPS) is 15.0. The number of rotatable bonds is 5. The van der Waals surface area contributed by atoms with E-state index in [4.69, 9.17) is 5.26 Å². The second-order valence-electron chi connectivity index (χ2n) is 4.43. The van der Waals surface area contributed by atoms with E-state index in [1.54, 1.807) is 6.07 Å². The lowest BCUT2D eigenvalue weighted by atomic mass is 10.3. The van der Waals surface area contributed by atoms with Crippen molar-refractivity contribution in [3.8, 4) is 6.07 Å². The van der Waals surface area contributed by atoms with Gasteiger partial charge in [0, 0.05) is 12.1 Å². The largest absolute Gasteiger partial charge is 0.292 e. The van der Waals surface area contributed by atoms with E-state index < -0.39 is 49.8 Å². The molecule has 1 saturated carbocycles. The quantitative estimate of drug-likeness (QED) is 0.465. The van der Waals surface area contributed by atoms with Crippen molar-refractivity contribution in [1.82, 2.24) is 4.31 Å². The van der Waals surface area contributed by atoms with Crippen LogP contribution in [0.1, 0.15) is 12.8 Å². The number of sulfonamides is 1. The predicted molar refractivity (Wildman–Crippen MR) is 65.5 cm³/mol. The molecule has 7 nitrogen and oxygen atoms in total. The van der Waals surface area contributed by atoms with Crippen LogP contribution in [0.3, 0.4) is 0 Å². The van der Waals surface area contributed by atoms with Gasteiger partial charge in [-0.05, 0) is 12.8 Å². The topological polar surface area (TPSA) is 104 Å². The van der Waals surface area contributed by atoms with Crippen LogP contribution in [0.5, 0.6) is 0 Å². The molecule has 0 bridgehead atoms. The van der Waals surface area contributed by atoms with Crippen LogP contribution in [-0.4, -0.2) is 30.2 Å². The van der Waals surface area contributed by atoms with Crippen molar-refractivity contribution in [3.63, 3.8) is 0 Å². The van der Waals surface area contributed by atoms with Gasteiger partial charge in [-0.1, -0.05) is 0 Å². The Balaban J connectivity index is 2.61. The van der Waals surface area contributed by atoms with Crippen LogP contribution in [0.15, 0.2) is 17.0 Å². The summed E-state index contributed by atoms with van der Waals surface area (Å²) in [6.07, 6.45) is 1.02. The van der Waals surface area contributed by atoms with Gasteiger partial charge in [0.15, 0.2) is 16.5 Å². The van der Waals surface area contributed by atoms with Gasteiger partial charge in [0.25, 0.3) is 15.7 Å². The first-order valence-electron chi connectivity index (χ1n) is 5.81. The molecule has 0 radical (unpaired) electrons. The van der Waals surface area contributed by atoms with E-state index in [1.165, 1.54) is 0 Å². The zero-order valence-electron chi connectivity index (χ0n) is 10.5. The van der Waals surface area contributed by atoms with Gasteiger partial charge in [0.05, 0.1) is 17.1 Å². The SMILES string of the molecule is N#CCN(C1CC1)S(=O)(=O)c1cc(F)c(F)cc1[N+](=O)[O-]. The van der Waals surface area contributed by atoms with Crippen LogP contribution >= 0.6 is 0 Å². The minimum atomic E-state index is -4.45. The molecule has 0 atom stereocenters. The van der Waals surface area contributed by atoms with Gasteiger partial charge < -0.3 is 0 Å². The van der Waals surface area contributed by atoms with E-state index in [1.807, 2.05) is 0 Å². The Hall–Kier alpha value is -2.12. The molecule has 1 aromatic rings. The Bertz CT molecular complexity index is 741. The molecule has 1 fully saturated rings. The fourth-order valence-electron chi connectivity index (χ4n) is 1.84. The molecular formula is C11H9F2N3O4S. The summed E-state index contributed by atoms with van der Waals surface area (Å²) in [7, 11) is -4.45. The molecule has 10 heteroatoms. The number of benzene rings is 1. The summed E-state index contributed by atoms with van der Waals surface area (Å²) in [5, 5.41) is 19.5. The maximum Gasteiger partial charge on any atom is 0.292 e. The highest BCUT2D eigenvalue weighted by Gasteiger charge is 2.41. The van der Waals surface area contributed by atoms with E-state index >= 15 is 0 Å². The Morgan fingerprint density at radius 2 is 1.95 bits per heavy atom. The average Bonchev–Trinajstić information content (AvgIpc) is 3.22. The van der Waals surface area contributed by atoms with E-state index in [9.17, 15) is 27.3 Å². The summed E-state index contributed by atoms with van der Waals surface area (Å²) >= 11 is 0. The molecule has 0 heterocycles. The molecule has 1 aromatic carbocycles. The van der Waals surface area contributed by atoms with Crippen LogP contribution in [-0.2, 0) is 10.0 Å². The maximum atomic E-state index is 13.3. The third-order valence-corrected chi connectivity index (χ3v) is 4.89. The second kappa shape index (κ2) is 5.34. The molecule has 0 unspecified atom stereocenters.